The van der Waals surface area contributed by atoms with Crippen LogP contribution in [0.1, 0.15) is 30.5 Å². The molecule has 0 spiro atoms. The summed E-state index contributed by atoms with van der Waals surface area (Å²) in [5.74, 6) is 0.926. The van der Waals surface area contributed by atoms with E-state index >= 15 is 0 Å². The van der Waals surface area contributed by atoms with Crippen molar-refractivity contribution in [1.29, 1.82) is 0 Å². The van der Waals surface area contributed by atoms with Gasteiger partial charge in [-0.25, -0.2) is 0 Å². The molecule has 2 aromatic carbocycles. The van der Waals surface area contributed by atoms with Crippen molar-refractivity contribution in [2.75, 3.05) is 7.05 Å². The first-order valence-electron chi connectivity index (χ1n) is 6.77. The van der Waals surface area contributed by atoms with Crippen LogP contribution in [-0.4, -0.2) is 7.05 Å². The third kappa shape index (κ3) is 3.83. The van der Waals surface area contributed by atoms with E-state index in [-0.39, 0.29) is 0 Å². The molecule has 0 saturated heterocycles. The predicted molar refractivity (Wildman–Crippen MR) is 79.3 cm³/mol. The molecule has 0 aromatic heterocycles. The maximum absolute atomic E-state index is 5.84. The quantitative estimate of drug-likeness (QED) is 0.844. The summed E-state index contributed by atoms with van der Waals surface area (Å²) in [6.07, 6.45) is 1.07. The van der Waals surface area contributed by atoms with Crippen molar-refractivity contribution in [2.45, 2.75) is 26.0 Å². The second-order valence-electron chi connectivity index (χ2n) is 4.60. The molecule has 0 aliphatic carbocycles. The molecule has 0 aliphatic rings. The van der Waals surface area contributed by atoms with E-state index in [0.29, 0.717) is 12.6 Å². The summed E-state index contributed by atoms with van der Waals surface area (Å²) in [6.45, 7) is 2.79. The molecule has 0 saturated carbocycles. The number of nitrogens with one attached hydrogen (secondary N) is 1. The van der Waals surface area contributed by atoms with Crippen LogP contribution < -0.4 is 10.1 Å². The first kappa shape index (κ1) is 13.6. The average Bonchev–Trinajstić information content (AvgIpc) is 2.48. The zero-order chi connectivity index (χ0) is 13.5. The summed E-state index contributed by atoms with van der Waals surface area (Å²) in [5, 5.41) is 3.31. The Bertz CT molecular complexity index is 492. The van der Waals surface area contributed by atoms with Crippen LogP contribution >= 0.6 is 0 Å². The van der Waals surface area contributed by atoms with E-state index in [2.05, 4.69) is 42.6 Å². The molecule has 0 radical (unpaired) electrons. The molecule has 1 N–H and O–H groups in total. The number of ether oxygens (including phenoxy) is 1. The van der Waals surface area contributed by atoms with Gasteiger partial charge in [0.1, 0.15) is 12.4 Å². The topological polar surface area (TPSA) is 21.3 Å². The van der Waals surface area contributed by atoms with Crippen molar-refractivity contribution in [3.8, 4) is 5.75 Å². The molecule has 0 heterocycles. The molecular formula is C17H21NO. The highest BCUT2D eigenvalue weighted by Gasteiger charge is 2.07. The SMILES string of the molecule is CCC(NC)c1cccc(OCc2ccccc2)c1. The van der Waals surface area contributed by atoms with Gasteiger partial charge in [0.05, 0.1) is 0 Å². The van der Waals surface area contributed by atoms with Crippen molar-refractivity contribution < 1.29 is 4.74 Å². The van der Waals surface area contributed by atoms with Gasteiger partial charge in [-0.3, -0.25) is 0 Å². The Labute approximate surface area is 115 Å². The van der Waals surface area contributed by atoms with Crippen molar-refractivity contribution >= 4 is 0 Å². The highest BCUT2D eigenvalue weighted by molar-refractivity contribution is 5.31. The Morgan fingerprint density at radius 2 is 1.84 bits per heavy atom. The molecule has 0 aliphatic heterocycles. The first-order chi connectivity index (χ1) is 9.33. The lowest BCUT2D eigenvalue weighted by atomic mass is 10.0. The molecule has 100 valence electrons. The Kier molecular flexibility index (Phi) is 4.99. The Balaban J connectivity index is 2.03. The van der Waals surface area contributed by atoms with Gasteiger partial charge in [0.15, 0.2) is 0 Å². The standard InChI is InChI=1S/C17H21NO/c1-3-17(18-2)15-10-7-11-16(12-15)19-13-14-8-5-4-6-9-14/h4-12,17-18H,3,13H2,1-2H3. The summed E-state index contributed by atoms with van der Waals surface area (Å²) < 4.78 is 5.84. The maximum Gasteiger partial charge on any atom is 0.120 e. The van der Waals surface area contributed by atoms with E-state index in [4.69, 9.17) is 4.74 Å². The molecule has 2 nitrogen and oxygen atoms in total. The number of hydrogen-bond donors (Lipinski definition) is 1. The van der Waals surface area contributed by atoms with E-state index < -0.39 is 0 Å². The van der Waals surface area contributed by atoms with Crippen LogP contribution in [0, 0.1) is 0 Å². The molecule has 1 atom stereocenters. The largest absolute Gasteiger partial charge is 0.489 e. The summed E-state index contributed by atoms with van der Waals surface area (Å²) >= 11 is 0. The Morgan fingerprint density at radius 1 is 1.05 bits per heavy atom. The molecule has 19 heavy (non-hydrogen) atoms. The number of hydrogen-bond acceptors (Lipinski definition) is 2. The average molecular weight is 255 g/mol. The zero-order valence-corrected chi connectivity index (χ0v) is 11.6. The van der Waals surface area contributed by atoms with Crippen LogP contribution in [-0.2, 0) is 6.61 Å². The lowest BCUT2D eigenvalue weighted by Crippen LogP contribution is -2.15. The minimum atomic E-state index is 0.389. The van der Waals surface area contributed by atoms with Crippen molar-refractivity contribution in [3.05, 3.63) is 65.7 Å². The fraction of sp³-hybridized carbons (Fsp3) is 0.294. The molecule has 0 amide bonds. The van der Waals surface area contributed by atoms with Crippen molar-refractivity contribution in [3.63, 3.8) is 0 Å². The van der Waals surface area contributed by atoms with Gasteiger partial charge in [0.25, 0.3) is 0 Å². The van der Waals surface area contributed by atoms with Gasteiger partial charge >= 0.3 is 0 Å². The third-order valence-corrected chi connectivity index (χ3v) is 3.27. The lowest BCUT2D eigenvalue weighted by molar-refractivity contribution is 0.305. The van der Waals surface area contributed by atoms with Crippen LogP contribution in [0.15, 0.2) is 54.6 Å². The van der Waals surface area contributed by atoms with E-state index in [1.165, 1.54) is 11.1 Å². The van der Waals surface area contributed by atoms with Gasteiger partial charge in [-0.1, -0.05) is 49.4 Å². The lowest BCUT2D eigenvalue weighted by Gasteiger charge is -2.15. The van der Waals surface area contributed by atoms with E-state index in [9.17, 15) is 0 Å². The van der Waals surface area contributed by atoms with Crippen LogP contribution in [0.2, 0.25) is 0 Å². The van der Waals surface area contributed by atoms with E-state index in [1.54, 1.807) is 0 Å². The molecule has 2 heteroatoms. The van der Waals surface area contributed by atoms with Gasteiger partial charge in [-0.15, -0.1) is 0 Å². The highest BCUT2D eigenvalue weighted by atomic mass is 16.5. The van der Waals surface area contributed by atoms with Gasteiger partial charge in [0.2, 0.25) is 0 Å². The molecule has 1 unspecified atom stereocenters. The number of benzene rings is 2. The van der Waals surface area contributed by atoms with Crippen LogP contribution in [0.3, 0.4) is 0 Å². The first-order valence-corrected chi connectivity index (χ1v) is 6.77. The molecule has 0 fully saturated rings. The van der Waals surface area contributed by atoms with Crippen LogP contribution in [0.25, 0.3) is 0 Å². The second kappa shape index (κ2) is 6.95. The second-order valence-corrected chi connectivity index (χ2v) is 4.60. The molecule has 0 bridgehead atoms. The normalized spacial score (nSPS) is 12.1. The summed E-state index contributed by atoms with van der Waals surface area (Å²) in [6, 6.07) is 18.9. The third-order valence-electron chi connectivity index (χ3n) is 3.27. The zero-order valence-electron chi connectivity index (χ0n) is 11.6. The van der Waals surface area contributed by atoms with E-state index in [0.717, 1.165) is 12.2 Å². The van der Waals surface area contributed by atoms with Gasteiger partial charge < -0.3 is 10.1 Å². The smallest absolute Gasteiger partial charge is 0.120 e. The van der Waals surface area contributed by atoms with Gasteiger partial charge in [-0.2, -0.15) is 0 Å². The summed E-state index contributed by atoms with van der Waals surface area (Å²) in [7, 11) is 1.99. The Hall–Kier alpha value is -1.80. The van der Waals surface area contributed by atoms with Crippen molar-refractivity contribution in [2.24, 2.45) is 0 Å². The van der Waals surface area contributed by atoms with Crippen LogP contribution in [0.4, 0.5) is 0 Å². The van der Waals surface area contributed by atoms with Crippen molar-refractivity contribution in [1.82, 2.24) is 5.32 Å². The van der Waals surface area contributed by atoms with E-state index in [1.807, 2.05) is 31.3 Å². The minimum absolute atomic E-state index is 0.389. The monoisotopic (exact) mass is 255 g/mol. The minimum Gasteiger partial charge on any atom is -0.489 e. The molecule has 2 aromatic rings. The van der Waals surface area contributed by atoms with Gasteiger partial charge in [0, 0.05) is 6.04 Å². The van der Waals surface area contributed by atoms with Crippen LogP contribution in [0.5, 0.6) is 5.75 Å². The Morgan fingerprint density at radius 3 is 2.53 bits per heavy atom. The van der Waals surface area contributed by atoms with Gasteiger partial charge in [-0.05, 0) is 36.7 Å². The molecule has 2 rings (SSSR count). The molecular weight excluding hydrogens is 234 g/mol. The fourth-order valence-corrected chi connectivity index (χ4v) is 2.17. The summed E-state index contributed by atoms with van der Waals surface area (Å²) in [5.41, 5.74) is 2.46. The summed E-state index contributed by atoms with van der Waals surface area (Å²) in [4.78, 5) is 0. The number of rotatable bonds is 6. The highest BCUT2D eigenvalue weighted by Crippen LogP contribution is 2.21. The fourth-order valence-electron chi connectivity index (χ4n) is 2.17. The predicted octanol–water partition coefficient (Wildman–Crippen LogP) is 3.94. The maximum atomic E-state index is 5.84.